The van der Waals surface area contributed by atoms with E-state index in [9.17, 15) is 0 Å². The summed E-state index contributed by atoms with van der Waals surface area (Å²) in [6.45, 7) is 11.8. The van der Waals surface area contributed by atoms with Gasteiger partial charge in [0.2, 0.25) is 0 Å². The van der Waals surface area contributed by atoms with E-state index in [4.69, 9.17) is 0 Å². The van der Waals surface area contributed by atoms with Gasteiger partial charge in [0, 0.05) is 29.6 Å². The van der Waals surface area contributed by atoms with Crippen LogP contribution in [0.3, 0.4) is 0 Å². The number of benzene rings is 2. The number of hydrogen-bond donors (Lipinski definition) is 0. The number of anilines is 1. The van der Waals surface area contributed by atoms with Crippen molar-refractivity contribution in [2.75, 3.05) is 38.1 Å². The van der Waals surface area contributed by atoms with E-state index >= 15 is 0 Å². The molecule has 4 rings (SSSR count). The van der Waals surface area contributed by atoms with E-state index < -0.39 is 0 Å². The average molecular weight is 349 g/mol. The van der Waals surface area contributed by atoms with Gasteiger partial charge in [-0.25, -0.2) is 0 Å². The number of aryl methyl sites for hydroxylation is 1. The topological polar surface area (TPSA) is 6.48 Å². The Labute approximate surface area is 158 Å². The number of piperidine rings is 1. The highest BCUT2D eigenvalue weighted by Crippen LogP contribution is 2.42. The van der Waals surface area contributed by atoms with Crippen molar-refractivity contribution in [1.29, 1.82) is 0 Å². The van der Waals surface area contributed by atoms with Crippen LogP contribution in [0.25, 0.3) is 0 Å². The fourth-order valence-electron chi connectivity index (χ4n) is 4.58. The van der Waals surface area contributed by atoms with E-state index in [1.54, 1.807) is 0 Å². The molecular weight excluding hydrogens is 316 g/mol. The minimum absolute atomic E-state index is 0.0380. The highest BCUT2D eigenvalue weighted by molar-refractivity contribution is 5.53. The van der Waals surface area contributed by atoms with Crippen molar-refractivity contribution < 1.29 is 0 Å². The van der Waals surface area contributed by atoms with Gasteiger partial charge >= 0.3 is 0 Å². The summed E-state index contributed by atoms with van der Waals surface area (Å²) in [5, 5.41) is 0. The molecule has 2 aliphatic rings. The molecule has 2 aliphatic heterocycles. The molecular formula is C24H32N2. The van der Waals surface area contributed by atoms with Crippen LogP contribution in [0.2, 0.25) is 0 Å². The van der Waals surface area contributed by atoms with Crippen molar-refractivity contribution in [1.82, 2.24) is 4.90 Å². The second kappa shape index (κ2) is 6.42. The summed E-state index contributed by atoms with van der Waals surface area (Å²) in [6, 6.07) is 18.3. The third-order valence-corrected chi connectivity index (χ3v) is 6.83. The molecule has 0 aromatic heterocycles. The predicted octanol–water partition coefficient (Wildman–Crippen LogP) is 4.85. The van der Waals surface area contributed by atoms with Crippen LogP contribution in [-0.4, -0.2) is 38.1 Å². The SMILES string of the molecule is Cc1ccc(C(C)(C)c2ccc(N3CC4(CCN(C)CC4)C3)cc2)cc1. The minimum Gasteiger partial charge on any atom is -0.370 e. The molecule has 2 aromatic rings. The number of rotatable bonds is 3. The third kappa shape index (κ3) is 3.16. The van der Waals surface area contributed by atoms with Crippen LogP contribution in [0.5, 0.6) is 0 Å². The third-order valence-electron chi connectivity index (χ3n) is 6.83. The standard InChI is InChI=1S/C24H32N2/c1-19-5-7-20(8-6-19)23(2,3)21-9-11-22(12-10-21)26-17-24(18-26)13-15-25(4)16-14-24/h5-12H,13-18H2,1-4H3. The highest BCUT2D eigenvalue weighted by Gasteiger charge is 2.44. The molecule has 2 fully saturated rings. The Bertz CT molecular complexity index is 742. The first-order valence-electron chi connectivity index (χ1n) is 9.99. The van der Waals surface area contributed by atoms with Gasteiger partial charge in [0.1, 0.15) is 0 Å². The molecule has 2 nitrogen and oxygen atoms in total. The summed E-state index contributed by atoms with van der Waals surface area (Å²) in [5.41, 5.74) is 6.10. The van der Waals surface area contributed by atoms with Crippen molar-refractivity contribution in [3.63, 3.8) is 0 Å². The average Bonchev–Trinajstić information content (AvgIpc) is 2.61. The molecule has 138 valence electrons. The minimum atomic E-state index is 0.0380. The molecule has 1 spiro atoms. The Balaban J connectivity index is 1.45. The smallest absolute Gasteiger partial charge is 0.0366 e. The first-order chi connectivity index (χ1) is 12.4. The van der Waals surface area contributed by atoms with Gasteiger partial charge in [0.25, 0.3) is 0 Å². The molecule has 0 atom stereocenters. The quantitative estimate of drug-likeness (QED) is 0.782. The molecule has 2 saturated heterocycles. The maximum absolute atomic E-state index is 2.56. The Hall–Kier alpha value is -1.80. The first kappa shape index (κ1) is 17.6. The summed E-state index contributed by atoms with van der Waals surface area (Å²) in [6.07, 6.45) is 2.72. The van der Waals surface area contributed by atoms with E-state index in [-0.39, 0.29) is 5.41 Å². The van der Waals surface area contributed by atoms with Crippen LogP contribution >= 0.6 is 0 Å². The largest absolute Gasteiger partial charge is 0.370 e. The summed E-state index contributed by atoms with van der Waals surface area (Å²) >= 11 is 0. The lowest BCUT2D eigenvalue weighted by molar-refractivity contribution is 0.0906. The van der Waals surface area contributed by atoms with Gasteiger partial charge in [0.15, 0.2) is 0 Å². The van der Waals surface area contributed by atoms with Crippen molar-refractivity contribution >= 4 is 5.69 Å². The van der Waals surface area contributed by atoms with Crippen molar-refractivity contribution in [3.05, 3.63) is 65.2 Å². The van der Waals surface area contributed by atoms with Crippen LogP contribution in [0, 0.1) is 12.3 Å². The van der Waals surface area contributed by atoms with Crippen molar-refractivity contribution in [2.24, 2.45) is 5.41 Å². The molecule has 0 aliphatic carbocycles. The zero-order valence-corrected chi connectivity index (χ0v) is 16.8. The summed E-state index contributed by atoms with van der Waals surface area (Å²) in [7, 11) is 2.25. The molecule has 0 N–H and O–H groups in total. The second-order valence-corrected chi connectivity index (χ2v) is 9.20. The van der Waals surface area contributed by atoms with E-state index in [1.165, 1.54) is 61.4 Å². The maximum Gasteiger partial charge on any atom is 0.0366 e. The van der Waals surface area contributed by atoms with Crippen molar-refractivity contribution in [3.8, 4) is 0 Å². The van der Waals surface area contributed by atoms with Gasteiger partial charge in [-0.1, -0.05) is 55.8 Å². The van der Waals surface area contributed by atoms with Crippen LogP contribution in [0.1, 0.15) is 43.4 Å². The predicted molar refractivity (Wildman–Crippen MR) is 111 cm³/mol. The highest BCUT2D eigenvalue weighted by atomic mass is 15.2. The van der Waals surface area contributed by atoms with Gasteiger partial charge in [-0.15, -0.1) is 0 Å². The van der Waals surface area contributed by atoms with E-state index in [2.05, 4.69) is 86.1 Å². The zero-order valence-electron chi connectivity index (χ0n) is 16.8. The Kier molecular flexibility index (Phi) is 4.35. The number of hydrogen-bond acceptors (Lipinski definition) is 2. The van der Waals surface area contributed by atoms with Gasteiger partial charge < -0.3 is 9.80 Å². The fourth-order valence-corrected chi connectivity index (χ4v) is 4.58. The maximum atomic E-state index is 2.56. The van der Waals surface area contributed by atoms with Crippen molar-refractivity contribution in [2.45, 2.75) is 39.0 Å². The van der Waals surface area contributed by atoms with Crippen LogP contribution in [0.15, 0.2) is 48.5 Å². The van der Waals surface area contributed by atoms with Crippen LogP contribution < -0.4 is 4.90 Å². The Morgan fingerprint density at radius 2 is 1.31 bits per heavy atom. The summed E-state index contributed by atoms with van der Waals surface area (Å²) in [4.78, 5) is 5.03. The van der Waals surface area contributed by atoms with E-state index in [0.29, 0.717) is 5.41 Å². The van der Waals surface area contributed by atoms with E-state index in [1.807, 2.05) is 0 Å². The number of nitrogens with zero attached hydrogens (tertiary/aromatic N) is 2. The van der Waals surface area contributed by atoms with Gasteiger partial charge in [-0.3, -0.25) is 0 Å². The van der Waals surface area contributed by atoms with Crippen LogP contribution in [-0.2, 0) is 5.41 Å². The lowest BCUT2D eigenvalue weighted by Crippen LogP contribution is -2.60. The molecule has 26 heavy (non-hydrogen) atoms. The Morgan fingerprint density at radius 3 is 1.85 bits per heavy atom. The lowest BCUT2D eigenvalue weighted by Gasteiger charge is -2.54. The first-order valence-corrected chi connectivity index (χ1v) is 9.99. The molecule has 0 unspecified atom stereocenters. The second-order valence-electron chi connectivity index (χ2n) is 9.20. The molecule has 2 aromatic carbocycles. The molecule has 0 bridgehead atoms. The summed E-state index contributed by atoms with van der Waals surface area (Å²) < 4.78 is 0. The summed E-state index contributed by atoms with van der Waals surface area (Å²) in [5.74, 6) is 0. The zero-order chi connectivity index (χ0) is 18.4. The molecule has 0 radical (unpaired) electrons. The normalized spacial score (nSPS) is 20.2. The van der Waals surface area contributed by atoms with E-state index in [0.717, 1.165) is 0 Å². The van der Waals surface area contributed by atoms with Gasteiger partial charge in [0.05, 0.1) is 0 Å². The van der Waals surface area contributed by atoms with Crippen LogP contribution in [0.4, 0.5) is 5.69 Å². The fraction of sp³-hybridized carbons (Fsp3) is 0.500. The lowest BCUT2D eigenvalue weighted by atomic mass is 9.71. The van der Waals surface area contributed by atoms with Gasteiger partial charge in [-0.2, -0.15) is 0 Å². The number of likely N-dealkylation sites (tertiary alicyclic amines) is 1. The monoisotopic (exact) mass is 348 g/mol. The molecule has 0 amide bonds. The molecule has 2 heteroatoms. The molecule has 2 heterocycles. The Morgan fingerprint density at radius 1 is 0.808 bits per heavy atom. The van der Waals surface area contributed by atoms with Gasteiger partial charge in [-0.05, 0) is 63.2 Å². The molecule has 0 saturated carbocycles.